The minimum Gasteiger partial charge on any atom is -1.00 e. The van der Waals surface area contributed by atoms with Gasteiger partial charge in [0.15, 0.2) is 5.78 Å². The van der Waals surface area contributed by atoms with Crippen LogP contribution in [0.1, 0.15) is 28.8 Å². The van der Waals surface area contributed by atoms with Gasteiger partial charge in [0.05, 0.1) is 68.2 Å². The summed E-state index contributed by atoms with van der Waals surface area (Å²) in [5.74, 6) is -0.236. The number of rotatable bonds is 8. The Morgan fingerprint density at radius 2 is 1.00 bits per heavy atom. The molecule has 0 heterocycles. The maximum absolute atomic E-state index is 13.0. The molecule has 9 heteroatoms. The van der Waals surface area contributed by atoms with Gasteiger partial charge in [-0.05, 0) is 35.4 Å². The van der Waals surface area contributed by atoms with Crippen molar-refractivity contribution in [1.82, 2.24) is 0 Å². The standard InChI is InChI=1S/C25H32N4O3.2HI/c1-28(2,3)13-11-23(30)26-17-7-9-19-20-10-8-18(16-22(20)25(32)21(19)15-17)27-24(31)12-14-29(4,5)6;;/h7-10,15-16H,11-14H2,1-6H3;2*1H. The van der Waals surface area contributed by atoms with Crippen LogP contribution in [0.2, 0.25) is 0 Å². The summed E-state index contributed by atoms with van der Waals surface area (Å²) in [6, 6.07) is 10.9. The van der Waals surface area contributed by atoms with Crippen LogP contribution in [0, 0.1) is 0 Å². The lowest BCUT2D eigenvalue weighted by Gasteiger charge is -2.23. The summed E-state index contributed by atoms with van der Waals surface area (Å²) < 4.78 is 1.42. The van der Waals surface area contributed by atoms with Crippen molar-refractivity contribution in [3.05, 3.63) is 47.5 Å². The highest BCUT2D eigenvalue weighted by Gasteiger charge is 2.27. The van der Waals surface area contributed by atoms with Crippen molar-refractivity contribution in [2.45, 2.75) is 12.8 Å². The third-order valence-electron chi connectivity index (χ3n) is 5.41. The monoisotopic (exact) mass is 692 g/mol. The zero-order valence-electron chi connectivity index (χ0n) is 20.7. The molecule has 0 saturated heterocycles. The molecule has 1 aliphatic carbocycles. The third-order valence-corrected chi connectivity index (χ3v) is 5.41. The van der Waals surface area contributed by atoms with Gasteiger partial charge in [-0.1, -0.05) is 12.1 Å². The molecule has 0 saturated carbocycles. The lowest BCUT2D eigenvalue weighted by atomic mass is 10.0. The quantitative estimate of drug-likeness (QED) is 0.195. The first-order valence-electron chi connectivity index (χ1n) is 10.9. The van der Waals surface area contributed by atoms with E-state index in [1.807, 2.05) is 66.6 Å². The molecule has 2 amide bonds. The first-order chi connectivity index (χ1) is 14.8. The smallest absolute Gasteiger partial charge is 0.230 e. The molecule has 0 spiro atoms. The van der Waals surface area contributed by atoms with Gasteiger partial charge >= 0.3 is 0 Å². The molecule has 0 fully saturated rings. The molecule has 0 atom stereocenters. The lowest BCUT2D eigenvalue weighted by molar-refractivity contribution is -0.869. The minimum atomic E-state index is -0.0973. The minimum absolute atomic E-state index is 0. The van der Waals surface area contributed by atoms with E-state index in [4.69, 9.17) is 0 Å². The van der Waals surface area contributed by atoms with E-state index in [9.17, 15) is 14.4 Å². The van der Waals surface area contributed by atoms with Crippen molar-refractivity contribution in [3.8, 4) is 11.1 Å². The molecule has 0 bridgehead atoms. The fraction of sp³-hybridized carbons (Fsp3) is 0.400. The first-order valence-corrected chi connectivity index (χ1v) is 10.9. The van der Waals surface area contributed by atoms with Gasteiger partial charge in [0.2, 0.25) is 11.8 Å². The lowest BCUT2D eigenvalue weighted by Crippen LogP contribution is -3.00. The number of quaternary nitrogens is 2. The van der Waals surface area contributed by atoms with E-state index >= 15 is 0 Å². The summed E-state index contributed by atoms with van der Waals surface area (Å²) in [5, 5.41) is 5.79. The van der Waals surface area contributed by atoms with Crippen LogP contribution < -0.4 is 58.6 Å². The van der Waals surface area contributed by atoms with E-state index in [2.05, 4.69) is 10.6 Å². The summed E-state index contributed by atoms with van der Waals surface area (Å²) in [7, 11) is 12.2. The molecule has 7 nitrogen and oxygen atoms in total. The fourth-order valence-electron chi connectivity index (χ4n) is 3.56. The van der Waals surface area contributed by atoms with Crippen molar-refractivity contribution < 1.29 is 71.3 Å². The number of carbonyl (C=O) groups is 3. The average molecular weight is 692 g/mol. The molecule has 3 rings (SSSR count). The van der Waals surface area contributed by atoms with Crippen LogP contribution in [0.3, 0.4) is 0 Å². The van der Waals surface area contributed by atoms with Gasteiger partial charge in [-0.15, -0.1) is 0 Å². The van der Waals surface area contributed by atoms with Crippen molar-refractivity contribution >= 4 is 29.0 Å². The average Bonchev–Trinajstić information content (AvgIpc) is 2.95. The van der Waals surface area contributed by atoms with E-state index in [1.165, 1.54) is 0 Å². The number of halogens is 2. The van der Waals surface area contributed by atoms with Crippen LogP contribution in [-0.2, 0) is 9.59 Å². The fourth-order valence-corrected chi connectivity index (χ4v) is 3.56. The summed E-state index contributed by atoms with van der Waals surface area (Å²) in [6.45, 7) is 1.45. The Kier molecular flexibility index (Phi) is 10.7. The first kappa shape index (κ1) is 30.5. The molecule has 0 aromatic heterocycles. The number of hydrogen-bond donors (Lipinski definition) is 2. The number of nitrogens with zero attached hydrogens (tertiary/aromatic N) is 2. The highest BCUT2D eigenvalue weighted by atomic mass is 127. The van der Waals surface area contributed by atoms with Gasteiger partial charge in [0.1, 0.15) is 0 Å². The summed E-state index contributed by atoms with van der Waals surface area (Å²) in [5.41, 5.74) is 4.06. The number of anilines is 2. The zero-order chi connectivity index (χ0) is 23.7. The topological polar surface area (TPSA) is 75.3 Å². The second kappa shape index (κ2) is 11.9. The molecular formula is C25H34I2N4O3. The second-order valence-electron chi connectivity index (χ2n) is 10.5. The molecular weight excluding hydrogens is 658 g/mol. The summed E-state index contributed by atoms with van der Waals surface area (Å²) in [4.78, 5) is 37.6. The predicted octanol–water partition coefficient (Wildman–Crippen LogP) is -3.02. The Bertz CT molecular complexity index is 989. The Hall–Kier alpha value is -1.57. The number of ketones is 1. The van der Waals surface area contributed by atoms with Gasteiger partial charge in [-0.3, -0.25) is 14.4 Å². The number of hydrogen-bond acceptors (Lipinski definition) is 3. The van der Waals surface area contributed by atoms with Gasteiger partial charge in [0, 0.05) is 22.5 Å². The number of amides is 2. The maximum Gasteiger partial charge on any atom is 0.230 e. The number of benzene rings is 2. The van der Waals surface area contributed by atoms with Crippen molar-refractivity contribution in [2.75, 3.05) is 66.0 Å². The number of nitrogens with one attached hydrogen (secondary N) is 2. The van der Waals surface area contributed by atoms with Crippen molar-refractivity contribution in [2.24, 2.45) is 0 Å². The van der Waals surface area contributed by atoms with Gasteiger partial charge in [-0.25, -0.2) is 0 Å². The van der Waals surface area contributed by atoms with Crippen molar-refractivity contribution in [1.29, 1.82) is 0 Å². The largest absolute Gasteiger partial charge is 1.00 e. The zero-order valence-corrected chi connectivity index (χ0v) is 25.0. The predicted molar refractivity (Wildman–Crippen MR) is 128 cm³/mol. The molecule has 1 aliphatic rings. The Labute approximate surface area is 236 Å². The normalized spacial score (nSPS) is 12.1. The third kappa shape index (κ3) is 8.28. The van der Waals surface area contributed by atoms with Gasteiger partial charge < -0.3 is 67.6 Å². The second-order valence-corrected chi connectivity index (χ2v) is 10.5. The van der Waals surface area contributed by atoms with E-state index in [0.29, 0.717) is 44.3 Å². The number of carbonyl (C=O) groups excluding carboxylic acids is 3. The molecule has 34 heavy (non-hydrogen) atoms. The number of fused-ring (bicyclic) bond motifs is 3. The van der Waals surface area contributed by atoms with Crippen molar-refractivity contribution in [3.63, 3.8) is 0 Å². The molecule has 186 valence electrons. The summed E-state index contributed by atoms with van der Waals surface area (Å²) in [6.07, 6.45) is 0.817. The highest BCUT2D eigenvalue weighted by Crippen LogP contribution is 2.39. The van der Waals surface area contributed by atoms with E-state index in [0.717, 1.165) is 24.2 Å². The van der Waals surface area contributed by atoms with E-state index < -0.39 is 0 Å². The Morgan fingerprint density at radius 1 is 0.647 bits per heavy atom. The molecule has 2 aromatic rings. The van der Waals surface area contributed by atoms with Crippen LogP contribution >= 0.6 is 0 Å². The van der Waals surface area contributed by atoms with Gasteiger partial charge in [0.25, 0.3) is 0 Å². The van der Waals surface area contributed by atoms with Crippen LogP contribution in [0.25, 0.3) is 11.1 Å². The maximum atomic E-state index is 13.0. The van der Waals surface area contributed by atoms with E-state index in [-0.39, 0.29) is 65.6 Å². The van der Waals surface area contributed by atoms with Crippen LogP contribution in [0.15, 0.2) is 36.4 Å². The summed E-state index contributed by atoms with van der Waals surface area (Å²) >= 11 is 0. The molecule has 2 N–H and O–H groups in total. The Morgan fingerprint density at radius 3 is 1.32 bits per heavy atom. The molecule has 2 aromatic carbocycles. The van der Waals surface area contributed by atoms with Crippen LogP contribution in [0.5, 0.6) is 0 Å². The Balaban J connectivity index is 0.00000289. The molecule has 0 radical (unpaired) electrons. The molecule has 0 unspecified atom stereocenters. The van der Waals surface area contributed by atoms with Crippen LogP contribution in [0.4, 0.5) is 11.4 Å². The molecule has 0 aliphatic heterocycles. The van der Waals surface area contributed by atoms with Gasteiger partial charge in [-0.2, -0.15) is 0 Å². The van der Waals surface area contributed by atoms with Crippen LogP contribution in [-0.4, -0.2) is 81.9 Å². The van der Waals surface area contributed by atoms with E-state index in [1.54, 1.807) is 12.1 Å². The highest BCUT2D eigenvalue weighted by molar-refractivity contribution is 6.22. The SMILES string of the molecule is C[N+](C)(C)CCC(=O)Nc1ccc2c(c1)C(=O)c1cc(NC(=O)CC[N+](C)(C)C)ccc1-2.[I-].[I-].